The van der Waals surface area contributed by atoms with Crippen molar-refractivity contribution in [1.82, 2.24) is 9.97 Å². The maximum absolute atomic E-state index is 4.68. The van der Waals surface area contributed by atoms with E-state index < -0.39 is 0 Å². The third-order valence-corrected chi connectivity index (χ3v) is 5.36. The zero-order valence-electron chi connectivity index (χ0n) is 11.4. The number of hydrogen-bond acceptors (Lipinski definition) is 6. The number of hydrogen-bond donors (Lipinski definition) is 1. The van der Waals surface area contributed by atoms with Crippen LogP contribution in [0.2, 0.25) is 0 Å². The fraction of sp³-hybridized carbons (Fsp3) is 0.538. The van der Waals surface area contributed by atoms with Gasteiger partial charge in [0.05, 0.1) is 5.39 Å². The maximum Gasteiger partial charge on any atom is 0.225 e. The Bertz CT molecular complexity index is 593. The normalized spacial score (nSPS) is 18.8. The summed E-state index contributed by atoms with van der Waals surface area (Å²) in [4.78, 5) is 12.6. The van der Waals surface area contributed by atoms with Gasteiger partial charge in [0, 0.05) is 30.6 Å². The Morgan fingerprint density at radius 1 is 1.37 bits per heavy atom. The highest BCUT2D eigenvalue weighted by Crippen LogP contribution is 2.35. The van der Waals surface area contributed by atoms with Gasteiger partial charge in [-0.2, -0.15) is 16.7 Å². The third kappa shape index (κ3) is 2.51. The Morgan fingerprint density at radius 2 is 2.21 bits per heavy atom. The number of thiophene rings is 1. The molecule has 1 N–H and O–H groups in total. The number of nitrogens with zero attached hydrogens (tertiary/aromatic N) is 3. The molecule has 3 heterocycles. The molecule has 0 radical (unpaired) electrons. The number of aromatic nitrogens is 2. The third-order valence-electron chi connectivity index (χ3n) is 3.25. The molecule has 1 saturated heterocycles. The van der Waals surface area contributed by atoms with Gasteiger partial charge < -0.3 is 10.2 Å². The molecule has 0 unspecified atom stereocenters. The van der Waals surface area contributed by atoms with Gasteiger partial charge in [-0.1, -0.05) is 0 Å². The molecule has 0 spiro atoms. The van der Waals surface area contributed by atoms with E-state index in [0.717, 1.165) is 29.5 Å². The van der Waals surface area contributed by atoms with Gasteiger partial charge >= 0.3 is 0 Å². The molecule has 4 nitrogen and oxygen atoms in total. The highest BCUT2D eigenvalue weighted by Gasteiger charge is 2.29. The zero-order chi connectivity index (χ0) is 13.5. The van der Waals surface area contributed by atoms with Crippen LogP contribution in [0.1, 0.15) is 13.8 Å². The average Bonchev–Trinajstić information content (AvgIpc) is 2.84. The van der Waals surface area contributed by atoms with Gasteiger partial charge in [-0.3, -0.25) is 0 Å². The molecular weight excluding hydrogens is 276 g/mol. The van der Waals surface area contributed by atoms with Crippen LogP contribution in [-0.2, 0) is 0 Å². The molecular formula is C13H18N4S2. The van der Waals surface area contributed by atoms with Crippen LogP contribution in [0, 0.1) is 0 Å². The van der Waals surface area contributed by atoms with Crippen molar-refractivity contribution in [3.8, 4) is 0 Å². The summed E-state index contributed by atoms with van der Waals surface area (Å²) in [7, 11) is 1.87. The number of nitrogens with one attached hydrogen (secondary N) is 1. The highest BCUT2D eigenvalue weighted by molar-refractivity contribution is 8.00. The van der Waals surface area contributed by atoms with E-state index in [2.05, 4.69) is 45.5 Å². The lowest BCUT2D eigenvalue weighted by Gasteiger charge is -2.38. The van der Waals surface area contributed by atoms with Crippen LogP contribution in [0.15, 0.2) is 11.4 Å². The van der Waals surface area contributed by atoms with Crippen molar-refractivity contribution < 1.29 is 0 Å². The van der Waals surface area contributed by atoms with Crippen LogP contribution in [0.25, 0.3) is 10.2 Å². The minimum Gasteiger partial charge on any atom is -0.357 e. The standard InChI is InChI=1S/C13H18N4S2/c1-13(2)8-17(5-7-19-13)10-9-4-6-18-11(9)16-12(14-3)15-10/h4,6H,5,7-8H2,1-3H3,(H,14,15,16). The first-order chi connectivity index (χ1) is 9.09. The van der Waals surface area contributed by atoms with E-state index in [1.807, 2.05) is 18.8 Å². The Kier molecular flexibility index (Phi) is 3.30. The average molecular weight is 294 g/mol. The van der Waals surface area contributed by atoms with E-state index in [9.17, 15) is 0 Å². The van der Waals surface area contributed by atoms with Gasteiger partial charge in [-0.05, 0) is 25.3 Å². The van der Waals surface area contributed by atoms with Gasteiger partial charge in [-0.25, -0.2) is 4.98 Å². The quantitative estimate of drug-likeness (QED) is 0.922. The molecule has 19 heavy (non-hydrogen) atoms. The van der Waals surface area contributed by atoms with Crippen molar-refractivity contribution in [2.75, 3.05) is 36.1 Å². The summed E-state index contributed by atoms with van der Waals surface area (Å²) >= 11 is 3.71. The number of rotatable bonds is 2. The number of anilines is 2. The van der Waals surface area contributed by atoms with Gasteiger partial charge in [0.25, 0.3) is 0 Å². The van der Waals surface area contributed by atoms with E-state index in [0.29, 0.717) is 5.95 Å². The van der Waals surface area contributed by atoms with E-state index in [1.54, 1.807) is 11.3 Å². The molecule has 1 aliphatic heterocycles. The van der Waals surface area contributed by atoms with Crippen molar-refractivity contribution in [1.29, 1.82) is 0 Å². The highest BCUT2D eigenvalue weighted by atomic mass is 32.2. The smallest absolute Gasteiger partial charge is 0.225 e. The lowest BCUT2D eigenvalue weighted by Crippen LogP contribution is -2.43. The van der Waals surface area contributed by atoms with Crippen LogP contribution in [0.4, 0.5) is 11.8 Å². The summed E-state index contributed by atoms with van der Waals surface area (Å²) in [5.74, 6) is 2.93. The van der Waals surface area contributed by atoms with Crippen LogP contribution in [-0.4, -0.2) is 40.6 Å². The molecule has 2 aromatic heterocycles. The van der Waals surface area contributed by atoms with Gasteiger partial charge in [-0.15, -0.1) is 11.3 Å². The Morgan fingerprint density at radius 3 is 2.95 bits per heavy atom. The van der Waals surface area contributed by atoms with E-state index in [-0.39, 0.29) is 4.75 Å². The summed E-state index contributed by atoms with van der Waals surface area (Å²) < 4.78 is 0.283. The van der Waals surface area contributed by atoms with Crippen molar-refractivity contribution >= 4 is 45.1 Å². The first kappa shape index (κ1) is 13.0. The van der Waals surface area contributed by atoms with Gasteiger partial charge in [0.2, 0.25) is 5.95 Å². The Labute approximate surface area is 121 Å². The largest absolute Gasteiger partial charge is 0.357 e. The van der Waals surface area contributed by atoms with Gasteiger partial charge in [0.15, 0.2) is 0 Å². The van der Waals surface area contributed by atoms with E-state index >= 15 is 0 Å². The van der Waals surface area contributed by atoms with Crippen molar-refractivity contribution in [3.05, 3.63) is 11.4 Å². The minimum atomic E-state index is 0.283. The topological polar surface area (TPSA) is 41.1 Å². The van der Waals surface area contributed by atoms with Crippen LogP contribution in [0.5, 0.6) is 0 Å². The fourth-order valence-corrected chi connectivity index (χ4v) is 4.26. The molecule has 6 heteroatoms. The zero-order valence-corrected chi connectivity index (χ0v) is 13.1. The molecule has 102 valence electrons. The summed E-state index contributed by atoms with van der Waals surface area (Å²) in [6.45, 7) is 6.69. The van der Waals surface area contributed by atoms with Crippen molar-refractivity contribution in [3.63, 3.8) is 0 Å². The first-order valence-electron chi connectivity index (χ1n) is 6.41. The fourth-order valence-electron chi connectivity index (χ4n) is 2.39. The minimum absolute atomic E-state index is 0.283. The monoisotopic (exact) mass is 294 g/mol. The van der Waals surface area contributed by atoms with E-state index in [4.69, 9.17) is 0 Å². The molecule has 1 fully saturated rings. The SMILES string of the molecule is CNc1nc(N2CCSC(C)(C)C2)c2ccsc2n1. The van der Waals surface area contributed by atoms with Crippen LogP contribution >= 0.6 is 23.1 Å². The van der Waals surface area contributed by atoms with Gasteiger partial charge in [0.1, 0.15) is 10.6 Å². The predicted molar refractivity (Wildman–Crippen MR) is 85.7 cm³/mol. The molecule has 0 atom stereocenters. The summed E-state index contributed by atoms with van der Waals surface area (Å²) in [5, 5.41) is 6.32. The molecule has 1 aliphatic rings. The number of fused-ring (bicyclic) bond motifs is 1. The van der Waals surface area contributed by atoms with E-state index in [1.165, 1.54) is 5.39 Å². The molecule has 2 aromatic rings. The maximum atomic E-state index is 4.68. The first-order valence-corrected chi connectivity index (χ1v) is 8.27. The molecule has 0 amide bonds. The second-order valence-electron chi connectivity index (χ2n) is 5.29. The van der Waals surface area contributed by atoms with Crippen molar-refractivity contribution in [2.24, 2.45) is 0 Å². The second-order valence-corrected chi connectivity index (χ2v) is 7.99. The Balaban J connectivity index is 2.05. The Hall–Kier alpha value is -1.01. The number of thioether (sulfide) groups is 1. The molecule has 3 rings (SSSR count). The molecule has 0 aliphatic carbocycles. The summed E-state index contributed by atoms with van der Waals surface area (Å²) in [5.41, 5.74) is 0. The molecule has 0 aromatic carbocycles. The summed E-state index contributed by atoms with van der Waals surface area (Å²) in [6.07, 6.45) is 0. The van der Waals surface area contributed by atoms with Crippen LogP contribution in [0.3, 0.4) is 0 Å². The summed E-state index contributed by atoms with van der Waals surface area (Å²) in [6, 6.07) is 2.13. The lowest BCUT2D eigenvalue weighted by atomic mass is 10.2. The second kappa shape index (κ2) is 4.83. The molecule has 0 saturated carbocycles. The van der Waals surface area contributed by atoms with Crippen LogP contribution < -0.4 is 10.2 Å². The van der Waals surface area contributed by atoms with Crippen molar-refractivity contribution in [2.45, 2.75) is 18.6 Å². The lowest BCUT2D eigenvalue weighted by molar-refractivity contribution is 0.644. The molecule has 0 bridgehead atoms. The predicted octanol–water partition coefficient (Wildman–Crippen LogP) is 3.06.